The molecule has 23 heavy (non-hydrogen) atoms. The van der Waals surface area contributed by atoms with Gasteiger partial charge in [0.25, 0.3) is 0 Å². The highest BCUT2D eigenvalue weighted by molar-refractivity contribution is 5.84. The summed E-state index contributed by atoms with van der Waals surface area (Å²) >= 11 is 0. The van der Waals surface area contributed by atoms with Gasteiger partial charge in [0.1, 0.15) is 49.3 Å². The van der Waals surface area contributed by atoms with Gasteiger partial charge in [-0.05, 0) is 0 Å². The average Bonchev–Trinajstić information content (AvgIpc) is 2.57. The van der Waals surface area contributed by atoms with Gasteiger partial charge in [0.2, 0.25) is 0 Å². The maximum absolute atomic E-state index is 11.6. The van der Waals surface area contributed by atoms with Gasteiger partial charge >= 0.3 is 0 Å². The number of rotatable bonds is 8. The molecule has 0 saturated carbocycles. The summed E-state index contributed by atoms with van der Waals surface area (Å²) in [6.07, 6.45) is -13.9. The van der Waals surface area contributed by atoms with Crippen LogP contribution in [0.3, 0.4) is 0 Å². The van der Waals surface area contributed by atoms with Crippen LogP contribution in [0.15, 0.2) is 0 Å². The molecule has 1 fully saturated rings. The molecule has 1 saturated heterocycles. The first kappa shape index (κ1) is 20.3. The highest BCUT2D eigenvalue weighted by atomic mass is 16.7. The van der Waals surface area contributed by atoms with Crippen molar-refractivity contribution in [3.05, 3.63) is 0 Å². The van der Waals surface area contributed by atoms with Crippen LogP contribution in [-0.2, 0) is 14.3 Å². The minimum absolute atomic E-state index is 0.731. The standard InChI is InChI=1S/C12H22O11/c13-1-4(16)7(18)11(5(17)2-14)23-12-10(21)9(20)8(19)6(3-15)22-12/h4,6-16,18-21H,1-3H2/t4-,6-,7+,8+,9+,10-,11+,12+/m1/s1. The molecule has 0 aromatic rings. The fraction of sp³-hybridized carbons (Fsp3) is 0.917. The Morgan fingerprint density at radius 2 is 1.65 bits per heavy atom. The van der Waals surface area contributed by atoms with E-state index in [1.54, 1.807) is 0 Å². The minimum Gasteiger partial charge on any atom is -0.394 e. The molecule has 11 nitrogen and oxygen atoms in total. The topological polar surface area (TPSA) is 197 Å². The van der Waals surface area contributed by atoms with Crippen LogP contribution in [0.1, 0.15) is 0 Å². The Bertz CT molecular complexity index is 376. The van der Waals surface area contributed by atoms with Gasteiger partial charge in [-0.15, -0.1) is 0 Å². The van der Waals surface area contributed by atoms with Gasteiger partial charge in [-0.2, -0.15) is 0 Å². The molecule has 1 heterocycles. The summed E-state index contributed by atoms with van der Waals surface area (Å²) in [5, 5.41) is 74.9. The van der Waals surface area contributed by atoms with Crippen LogP contribution < -0.4 is 0 Å². The molecule has 1 aliphatic rings. The maximum atomic E-state index is 11.6. The third kappa shape index (κ3) is 4.64. The molecule has 0 aromatic carbocycles. The van der Waals surface area contributed by atoms with E-state index in [-0.39, 0.29) is 0 Å². The smallest absolute Gasteiger partial charge is 0.189 e. The summed E-state index contributed by atoms with van der Waals surface area (Å²) in [5.41, 5.74) is 0. The molecule has 0 amide bonds. The first-order chi connectivity index (χ1) is 10.8. The van der Waals surface area contributed by atoms with Gasteiger partial charge < -0.3 is 50.3 Å². The van der Waals surface area contributed by atoms with Crippen molar-refractivity contribution >= 4 is 5.78 Å². The quantitative estimate of drug-likeness (QED) is 0.209. The first-order valence-corrected chi connectivity index (χ1v) is 6.85. The van der Waals surface area contributed by atoms with Crippen LogP contribution in [-0.4, -0.2) is 115 Å². The first-order valence-electron chi connectivity index (χ1n) is 6.85. The average molecular weight is 342 g/mol. The zero-order valence-corrected chi connectivity index (χ0v) is 12.0. The molecule has 11 heteroatoms. The summed E-state index contributed by atoms with van der Waals surface area (Å²) in [7, 11) is 0. The van der Waals surface area contributed by atoms with E-state index in [0.717, 1.165) is 0 Å². The number of ether oxygens (including phenoxy) is 2. The van der Waals surface area contributed by atoms with Crippen molar-refractivity contribution in [2.45, 2.75) is 49.0 Å². The van der Waals surface area contributed by atoms with Gasteiger partial charge in [-0.1, -0.05) is 0 Å². The van der Waals surface area contributed by atoms with Gasteiger partial charge in [0, 0.05) is 0 Å². The molecular formula is C12H22O11. The summed E-state index contributed by atoms with van der Waals surface area (Å²) in [6.45, 7) is -2.71. The van der Waals surface area contributed by atoms with Crippen LogP contribution in [0, 0.1) is 0 Å². The van der Waals surface area contributed by atoms with Crippen LogP contribution in [0.5, 0.6) is 0 Å². The largest absolute Gasteiger partial charge is 0.394 e. The number of carbonyl (C=O) groups excluding carboxylic acids is 1. The number of aliphatic hydroxyl groups is 8. The number of hydrogen-bond donors (Lipinski definition) is 8. The lowest BCUT2D eigenvalue weighted by Crippen LogP contribution is -2.61. The number of ketones is 1. The Kier molecular flexibility index (Phi) is 7.89. The molecule has 0 aromatic heterocycles. The van der Waals surface area contributed by atoms with Crippen molar-refractivity contribution in [2.75, 3.05) is 19.8 Å². The third-order valence-electron chi connectivity index (χ3n) is 3.49. The molecule has 8 N–H and O–H groups in total. The number of carbonyl (C=O) groups is 1. The number of hydrogen-bond acceptors (Lipinski definition) is 11. The van der Waals surface area contributed by atoms with Crippen LogP contribution >= 0.6 is 0 Å². The predicted octanol–water partition coefficient (Wildman–Crippen LogP) is -5.55. The molecule has 1 rings (SSSR count). The lowest BCUT2D eigenvalue weighted by Gasteiger charge is -2.41. The third-order valence-corrected chi connectivity index (χ3v) is 3.49. The van der Waals surface area contributed by atoms with E-state index >= 15 is 0 Å². The highest BCUT2D eigenvalue weighted by Gasteiger charge is 2.46. The Morgan fingerprint density at radius 3 is 2.13 bits per heavy atom. The molecule has 0 spiro atoms. The molecule has 0 bridgehead atoms. The van der Waals surface area contributed by atoms with E-state index in [9.17, 15) is 30.3 Å². The van der Waals surface area contributed by atoms with Gasteiger partial charge in [-0.25, -0.2) is 0 Å². The van der Waals surface area contributed by atoms with Crippen molar-refractivity contribution in [3.63, 3.8) is 0 Å². The molecule has 136 valence electrons. The van der Waals surface area contributed by atoms with E-state index in [4.69, 9.17) is 24.8 Å². The van der Waals surface area contributed by atoms with Crippen molar-refractivity contribution in [3.8, 4) is 0 Å². The molecular weight excluding hydrogens is 320 g/mol. The zero-order valence-electron chi connectivity index (χ0n) is 12.0. The Balaban J connectivity index is 2.91. The number of Topliss-reactive ketones (excluding diaryl/α,β-unsaturated/α-hetero) is 1. The Hall–Kier alpha value is -0.730. The summed E-state index contributed by atoms with van der Waals surface area (Å²) in [5.74, 6) is -1.08. The van der Waals surface area contributed by atoms with Crippen molar-refractivity contribution in [2.24, 2.45) is 0 Å². The zero-order chi connectivity index (χ0) is 17.7. The predicted molar refractivity (Wildman–Crippen MR) is 69.8 cm³/mol. The molecule has 0 unspecified atom stereocenters. The Morgan fingerprint density at radius 1 is 1.04 bits per heavy atom. The van der Waals surface area contributed by atoms with Crippen molar-refractivity contribution < 1.29 is 55.1 Å². The van der Waals surface area contributed by atoms with E-state index in [0.29, 0.717) is 0 Å². The molecule has 1 aliphatic heterocycles. The second-order valence-electron chi connectivity index (χ2n) is 5.12. The van der Waals surface area contributed by atoms with E-state index < -0.39 is 74.6 Å². The molecule has 8 atom stereocenters. The fourth-order valence-electron chi connectivity index (χ4n) is 2.07. The lowest BCUT2D eigenvalue weighted by atomic mass is 9.98. The van der Waals surface area contributed by atoms with Crippen molar-refractivity contribution in [1.29, 1.82) is 0 Å². The normalized spacial score (nSPS) is 35.6. The van der Waals surface area contributed by atoms with Crippen LogP contribution in [0.25, 0.3) is 0 Å². The van der Waals surface area contributed by atoms with Gasteiger partial charge in [-0.3, -0.25) is 4.79 Å². The summed E-state index contributed by atoms with van der Waals surface area (Å²) < 4.78 is 10.0. The molecule has 0 aliphatic carbocycles. The summed E-state index contributed by atoms with van der Waals surface area (Å²) in [6, 6.07) is 0. The number of aliphatic hydroxyl groups excluding tert-OH is 8. The molecule has 0 radical (unpaired) electrons. The summed E-state index contributed by atoms with van der Waals surface area (Å²) in [4.78, 5) is 11.6. The van der Waals surface area contributed by atoms with Crippen LogP contribution in [0.2, 0.25) is 0 Å². The van der Waals surface area contributed by atoms with E-state index in [2.05, 4.69) is 0 Å². The SMILES string of the molecule is O=C(CO)[C@H](O[C@@H]1O[C@H](CO)[C@H](O)[C@H](O)[C@H]1O)[C@@H](O)[C@H](O)CO. The Labute approximate surface area is 130 Å². The van der Waals surface area contributed by atoms with Gasteiger partial charge in [0.15, 0.2) is 12.1 Å². The van der Waals surface area contributed by atoms with Crippen molar-refractivity contribution in [1.82, 2.24) is 0 Å². The maximum Gasteiger partial charge on any atom is 0.189 e. The van der Waals surface area contributed by atoms with Gasteiger partial charge in [0.05, 0.1) is 13.2 Å². The second kappa shape index (κ2) is 8.94. The van der Waals surface area contributed by atoms with E-state index in [1.807, 2.05) is 0 Å². The van der Waals surface area contributed by atoms with Crippen LogP contribution in [0.4, 0.5) is 0 Å². The second-order valence-corrected chi connectivity index (χ2v) is 5.12. The van der Waals surface area contributed by atoms with E-state index in [1.165, 1.54) is 0 Å². The minimum atomic E-state index is -1.95. The lowest BCUT2D eigenvalue weighted by molar-refractivity contribution is -0.315. The highest BCUT2D eigenvalue weighted by Crippen LogP contribution is 2.24. The fourth-order valence-corrected chi connectivity index (χ4v) is 2.07. The monoisotopic (exact) mass is 342 g/mol.